The Hall–Kier alpha value is -2.69. The maximum atomic E-state index is 12.6. The number of carbonyl (C=O) groups is 5. The lowest BCUT2D eigenvalue weighted by atomic mass is 9.97. The number of hydrogen-bond donors (Lipinski definition) is 6. The highest BCUT2D eigenvalue weighted by Gasteiger charge is 2.32. The molecule has 0 saturated heterocycles. The van der Waals surface area contributed by atoms with E-state index in [1.54, 1.807) is 27.7 Å². The van der Waals surface area contributed by atoms with E-state index in [1.807, 2.05) is 0 Å². The fourth-order valence-electron chi connectivity index (χ4n) is 2.50. The molecule has 0 aliphatic rings. The second-order valence-electron chi connectivity index (χ2n) is 7.20. The van der Waals surface area contributed by atoms with Gasteiger partial charge in [0, 0.05) is 6.42 Å². The highest BCUT2D eigenvalue weighted by molar-refractivity contribution is 5.94. The molecule has 0 fully saturated rings. The maximum absolute atomic E-state index is 12.6. The molecule has 0 aliphatic carbocycles. The van der Waals surface area contributed by atoms with Crippen LogP contribution in [0.1, 0.15) is 47.0 Å². The van der Waals surface area contributed by atoms with E-state index in [9.17, 15) is 29.1 Å². The summed E-state index contributed by atoms with van der Waals surface area (Å²) in [6, 6.07) is -3.39. The molecule has 0 radical (unpaired) electrons. The second kappa shape index (κ2) is 12.7. The lowest BCUT2D eigenvalue weighted by Crippen LogP contribution is -2.58. The van der Waals surface area contributed by atoms with Crippen molar-refractivity contribution in [3.05, 3.63) is 0 Å². The summed E-state index contributed by atoms with van der Waals surface area (Å²) in [5, 5.41) is 25.4. The number of nitrogens with two attached hydrogens (primary N) is 1. The zero-order valence-corrected chi connectivity index (χ0v) is 17.2. The summed E-state index contributed by atoms with van der Waals surface area (Å²) in [7, 11) is 0. The number of rotatable bonds is 13. The number of amides is 3. The first kappa shape index (κ1) is 26.3. The van der Waals surface area contributed by atoms with Crippen molar-refractivity contribution >= 4 is 29.7 Å². The summed E-state index contributed by atoms with van der Waals surface area (Å²) in [6.45, 7) is 6.41. The third kappa shape index (κ3) is 9.37. The molecule has 4 unspecified atom stereocenters. The van der Waals surface area contributed by atoms with E-state index in [0.29, 0.717) is 6.42 Å². The van der Waals surface area contributed by atoms with Gasteiger partial charge in [-0.2, -0.15) is 0 Å². The van der Waals surface area contributed by atoms with E-state index in [-0.39, 0.29) is 25.3 Å². The minimum atomic E-state index is -1.19. The van der Waals surface area contributed by atoms with Crippen molar-refractivity contribution < 1.29 is 34.2 Å². The van der Waals surface area contributed by atoms with Gasteiger partial charge in [0.05, 0.1) is 6.54 Å². The van der Waals surface area contributed by atoms with Crippen LogP contribution in [-0.4, -0.2) is 64.5 Å². The lowest BCUT2D eigenvalue weighted by Gasteiger charge is -2.28. The van der Waals surface area contributed by atoms with Crippen molar-refractivity contribution in [2.24, 2.45) is 17.6 Å². The Bertz CT molecular complexity index is 609. The Labute approximate surface area is 169 Å². The average molecular weight is 416 g/mol. The zero-order valence-electron chi connectivity index (χ0n) is 17.2. The first-order valence-corrected chi connectivity index (χ1v) is 9.49. The van der Waals surface area contributed by atoms with Crippen molar-refractivity contribution in [1.29, 1.82) is 0 Å². The number of hydrogen-bond acceptors (Lipinski definition) is 6. The summed E-state index contributed by atoms with van der Waals surface area (Å²) in [5.41, 5.74) is 5.22. The number of carboxylic acid groups (broad SMARTS) is 2. The van der Waals surface area contributed by atoms with Gasteiger partial charge in [-0.25, -0.2) is 4.79 Å². The standard InChI is InChI=1S/C18H32N4O7/c1-5-10(4)15(18(28)29)22-17(27)14(9(2)3)21-16(26)11(6-7-13(24)25)20-12(23)8-19/h9-11,14-15H,5-8,19H2,1-4H3,(H,20,23)(H,21,26)(H,22,27)(H,24,25)(H,28,29). The minimum absolute atomic E-state index is 0.191. The largest absolute Gasteiger partial charge is 0.481 e. The Kier molecular flexibility index (Phi) is 11.5. The van der Waals surface area contributed by atoms with Gasteiger partial charge in [0.2, 0.25) is 17.7 Å². The van der Waals surface area contributed by atoms with Gasteiger partial charge in [-0.15, -0.1) is 0 Å². The monoisotopic (exact) mass is 416 g/mol. The van der Waals surface area contributed by atoms with Crippen molar-refractivity contribution in [3.8, 4) is 0 Å². The summed E-state index contributed by atoms with van der Waals surface area (Å²) >= 11 is 0. The molecule has 0 saturated carbocycles. The van der Waals surface area contributed by atoms with Crippen LogP contribution in [0.15, 0.2) is 0 Å². The molecule has 0 rings (SSSR count). The molecule has 0 aromatic heterocycles. The van der Waals surface area contributed by atoms with Gasteiger partial charge in [-0.3, -0.25) is 19.2 Å². The molecule has 4 atom stereocenters. The molecular formula is C18H32N4O7. The van der Waals surface area contributed by atoms with Crippen LogP contribution in [0.25, 0.3) is 0 Å². The molecule has 11 nitrogen and oxygen atoms in total. The van der Waals surface area contributed by atoms with E-state index in [0.717, 1.165) is 0 Å². The number of aliphatic carboxylic acids is 2. The van der Waals surface area contributed by atoms with Gasteiger partial charge in [0.1, 0.15) is 18.1 Å². The molecule has 7 N–H and O–H groups in total. The highest BCUT2D eigenvalue weighted by atomic mass is 16.4. The van der Waals surface area contributed by atoms with Crippen LogP contribution in [0.2, 0.25) is 0 Å². The summed E-state index contributed by atoms with van der Waals surface area (Å²) in [5.74, 6) is -5.14. The molecular weight excluding hydrogens is 384 g/mol. The quantitative estimate of drug-likeness (QED) is 0.221. The van der Waals surface area contributed by atoms with E-state index in [1.165, 1.54) is 0 Å². The lowest BCUT2D eigenvalue weighted by molar-refractivity contribution is -0.144. The SMILES string of the molecule is CCC(C)C(NC(=O)C(NC(=O)C(CCC(=O)O)NC(=O)CN)C(C)C)C(=O)O. The molecule has 0 aromatic rings. The average Bonchev–Trinajstić information content (AvgIpc) is 2.65. The maximum Gasteiger partial charge on any atom is 0.326 e. The highest BCUT2D eigenvalue weighted by Crippen LogP contribution is 2.10. The van der Waals surface area contributed by atoms with Crippen LogP contribution >= 0.6 is 0 Å². The third-order valence-electron chi connectivity index (χ3n) is 4.51. The van der Waals surface area contributed by atoms with Crippen molar-refractivity contribution in [2.75, 3.05) is 6.54 Å². The van der Waals surface area contributed by atoms with Crippen molar-refractivity contribution in [2.45, 2.75) is 65.1 Å². The Morgan fingerprint density at radius 3 is 1.86 bits per heavy atom. The topological polar surface area (TPSA) is 188 Å². The van der Waals surface area contributed by atoms with Gasteiger partial charge >= 0.3 is 11.9 Å². The smallest absolute Gasteiger partial charge is 0.326 e. The van der Waals surface area contributed by atoms with Gasteiger partial charge in [0.25, 0.3) is 0 Å². The summed E-state index contributed by atoms with van der Waals surface area (Å²) < 4.78 is 0. The van der Waals surface area contributed by atoms with Gasteiger partial charge in [-0.1, -0.05) is 34.1 Å². The fraction of sp³-hybridized carbons (Fsp3) is 0.722. The van der Waals surface area contributed by atoms with E-state index in [2.05, 4.69) is 16.0 Å². The Morgan fingerprint density at radius 1 is 0.897 bits per heavy atom. The fourth-order valence-corrected chi connectivity index (χ4v) is 2.50. The molecule has 0 heterocycles. The molecule has 166 valence electrons. The normalized spacial score (nSPS) is 15.0. The van der Waals surface area contributed by atoms with E-state index < -0.39 is 53.7 Å². The number of carboxylic acids is 2. The van der Waals surface area contributed by atoms with Gasteiger partial charge < -0.3 is 31.9 Å². The zero-order chi connectivity index (χ0) is 22.7. The Morgan fingerprint density at radius 2 is 1.45 bits per heavy atom. The summed E-state index contributed by atoms with van der Waals surface area (Å²) in [6.07, 6.45) is -0.0428. The molecule has 11 heteroatoms. The van der Waals surface area contributed by atoms with Crippen LogP contribution in [0, 0.1) is 11.8 Å². The van der Waals surface area contributed by atoms with E-state index in [4.69, 9.17) is 10.8 Å². The summed E-state index contributed by atoms with van der Waals surface area (Å²) in [4.78, 5) is 59.0. The second-order valence-corrected chi connectivity index (χ2v) is 7.20. The first-order chi connectivity index (χ1) is 13.4. The van der Waals surface area contributed by atoms with Crippen LogP contribution < -0.4 is 21.7 Å². The predicted octanol–water partition coefficient (Wildman–Crippen LogP) is -0.949. The van der Waals surface area contributed by atoms with Crippen LogP contribution in [0.4, 0.5) is 0 Å². The number of nitrogens with one attached hydrogen (secondary N) is 3. The molecule has 0 aliphatic heterocycles. The van der Waals surface area contributed by atoms with Crippen molar-refractivity contribution in [3.63, 3.8) is 0 Å². The molecule has 0 spiro atoms. The molecule has 0 aromatic carbocycles. The molecule has 3 amide bonds. The van der Waals surface area contributed by atoms with Gasteiger partial charge in [0.15, 0.2) is 0 Å². The minimum Gasteiger partial charge on any atom is -0.481 e. The van der Waals surface area contributed by atoms with Crippen molar-refractivity contribution in [1.82, 2.24) is 16.0 Å². The number of carbonyl (C=O) groups excluding carboxylic acids is 3. The third-order valence-corrected chi connectivity index (χ3v) is 4.51. The Balaban J connectivity index is 5.36. The van der Waals surface area contributed by atoms with Crippen LogP contribution in [0.5, 0.6) is 0 Å². The van der Waals surface area contributed by atoms with E-state index >= 15 is 0 Å². The first-order valence-electron chi connectivity index (χ1n) is 9.49. The molecule has 29 heavy (non-hydrogen) atoms. The molecule has 0 bridgehead atoms. The predicted molar refractivity (Wildman–Crippen MR) is 104 cm³/mol. The van der Waals surface area contributed by atoms with Crippen LogP contribution in [0.3, 0.4) is 0 Å². The van der Waals surface area contributed by atoms with Crippen LogP contribution in [-0.2, 0) is 24.0 Å². The van der Waals surface area contributed by atoms with Gasteiger partial charge in [-0.05, 0) is 18.3 Å².